The van der Waals surface area contributed by atoms with Crippen molar-refractivity contribution >= 4 is 11.6 Å². The lowest BCUT2D eigenvalue weighted by atomic mass is 9.98. The topological polar surface area (TPSA) is 25.8 Å². The van der Waals surface area contributed by atoms with Crippen LogP contribution in [0.4, 0.5) is 8.78 Å². The third kappa shape index (κ3) is 2.34. The first kappa shape index (κ1) is 12.9. The molecule has 0 amide bonds. The normalized spacial score (nSPS) is 11.0. The summed E-state index contributed by atoms with van der Waals surface area (Å²) in [7, 11) is 0. The van der Waals surface area contributed by atoms with E-state index in [9.17, 15) is 8.78 Å². The van der Waals surface area contributed by atoms with Crippen LogP contribution in [-0.4, -0.2) is 9.97 Å². The first-order valence-electron chi connectivity index (χ1n) is 5.46. The average Bonchev–Trinajstić information content (AvgIpc) is 2.32. The highest BCUT2D eigenvalue weighted by molar-refractivity contribution is 6.30. The Bertz CT molecular complexity index is 585. The SMILES string of the molecule is CC(C)c1c(Cl)ncnc1-c1ccc(F)c(F)c1. The minimum atomic E-state index is -0.906. The van der Waals surface area contributed by atoms with Gasteiger partial charge in [-0.2, -0.15) is 0 Å². The molecule has 0 aliphatic carbocycles. The van der Waals surface area contributed by atoms with Gasteiger partial charge in [-0.3, -0.25) is 0 Å². The average molecular weight is 269 g/mol. The molecule has 1 aromatic carbocycles. The number of aromatic nitrogens is 2. The van der Waals surface area contributed by atoms with Crippen LogP contribution in [0.1, 0.15) is 25.3 Å². The molecule has 0 aliphatic rings. The van der Waals surface area contributed by atoms with Crippen molar-refractivity contribution in [1.82, 2.24) is 9.97 Å². The molecule has 0 radical (unpaired) electrons. The Kier molecular flexibility index (Phi) is 3.57. The minimum absolute atomic E-state index is 0.0850. The van der Waals surface area contributed by atoms with Crippen LogP contribution >= 0.6 is 11.6 Å². The number of rotatable bonds is 2. The van der Waals surface area contributed by atoms with Crippen LogP contribution < -0.4 is 0 Å². The van der Waals surface area contributed by atoms with Gasteiger partial charge in [0.25, 0.3) is 0 Å². The Morgan fingerprint density at radius 3 is 2.44 bits per heavy atom. The Labute approximate surface area is 109 Å². The maximum absolute atomic E-state index is 13.2. The van der Waals surface area contributed by atoms with Crippen LogP contribution in [0.2, 0.25) is 5.15 Å². The highest BCUT2D eigenvalue weighted by Gasteiger charge is 2.16. The van der Waals surface area contributed by atoms with Crippen LogP contribution in [0.15, 0.2) is 24.5 Å². The van der Waals surface area contributed by atoms with Gasteiger partial charge in [0.1, 0.15) is 11.5 Å². The summed E-state index contributed by atoms with van der Waals surface area (Å²) in [5.74, 6) is -1.70. The Hall–Kier alpha value is -1.55. The standard InChI is InChI=1S/C13H11ClF2N2/c1-7(2)11-12(17-6-18-13(11)14)8-3-4-9(15)10(16)5-8/h3-7H,1-2H3. The molecule has 0 N–H and O–H groups in total. The fourth-order valence-corrected chi connectivity index (χ4v) is 2.11. The van der Waals surface area contributed by atoms with Crippen molar-refractivity contribution in [1.29, 1.82) is 0 Å². The Morgan fingerprint density at radius 1 is 1.11 bits per heavy atom. The predicted molar refractivity (Wildman–Crippen MR) is 66.5 cm³/mol. The third-order valence-electron chi connectivity index (χ3n) is 2.61. The summed E-state index contributed by atoms with van der Waals surface area (Å²) in [4.78, 5) is 8.03. The summed E-state index contributed by atoms with van der Waals surface area (Å²) < 4.78 is 26.2. The zero-order valence-electron chi connectivity index (χ0n) is 9.92. The largest absolute Gasteiger partial charge is 0.236 e. The lowest BCUT2D eigenvalue weighted by Gasteiger charge is -2.12. The smallest absolute Gasteiger partial charge is 0.159 e. The molecule has 0 fully saturated rings. The van der Waals surface area contributed by atoms with Crippen molar-refractivity contribution in [2.75, 3.05) is 0 Å². The van der Waals surface area contributed by atoms with Gasteiger partial charge in [-0.25, -0.2) is 18.7 Å². The van der Waals surface area contributed by atoms with Crippen molar-refractivity contribution in [2.45, 2.75) is 19.8 Å². The molecule has 2 nitrogen and oxygen atoms in total. The molecule has 0 unspecified atom stereocenters. The molecule has 2 aromatic rings. The first-order valence-corrected chi connectivity index (χ1v) is 5.84. The molecular weight excluding hydrogens is 258 g/mol. The molecule has 0 bridgehead atoms. The van der Waals surface area contributed by atoms with Gasteiger partial charge in [-0.1, -0.05) is 25.4 Å². The van der Waals surface area contributed by atoms with Gasteiger partial charge in [0.2, 0.25) is 0 Å². The van der Waals surface area contributed by atoms with Crippen molar-refractivity contribution in [3.63, 3.8) is 0 Å². The van der Waals surface area contributed by atoms with E-state index >= 15 is 0 Å². The predicted octanol–water partition coefficient (Wildman–Crippen LogP) is 4.20. The zero-order chi connectivity index (χ0) is 13.3. The lowest BCUT2D eigenvalue weighted by Crippen LogP contribution is -1.99. The second-order valence-corrected chi connectivity index (χ2v) is 4.57. The van der Waals surface area contributed by atoms with E-state index in [1.54, 1.807) is 0 Å². The highest BCUT2D eigenvalue weighted by Crippen LogP contribution is 2.31. The van der Waals surface area contributed by atoms with Crippen molar-refractivity contribution in [3.8, 4) is 11.3 Å². The van der Waals surface area contributed by atoms with Gasteiger partial charge in [-0.15, -0.1) is 0 Å². The quantitative estimate of drug-likeness (QED) is 0.763. The number of hydrogen-bond acceptors (Lipinski definition) is 2. The molecule has 0 saturated carbocycles. The molecule has 0 aliphatic heterocycles. The van der Waals surface area contributed by atoms with Gasteiger partial charge in [0, 0.05) is 11.1 Å². The molecule has 0 spiro atoms. The van der Waals surface area contributed by atoms with E-state index < -0.39 is 11.6 Å². The van der Waals surface area contributed by atoms with Crippen LogP contribution in [0, 0.1) is 11.6 Å². The van der Waals surface area contributed by atoms with Crippen molar-refractivity contribution < 1.29 is 8.78 Å². The van der Waals surface area contributed by atoms with Crippen LogP contribution in [-0.2, 0) is 0 Å². The molecule has 0 saturated heterocycles. The molecule has 1 aromatic heterocycles. The van der Waals surface area contributed by atoms with Gasteiger partial charge in [0.15, 0.2) is 11.6 Å². The summed E-state index contributed by atoms with van der Waals surface area (Å²) in [5.41, 5.74) is 1.75. The monoisotopic (exact) mass is 268 g/mol. The van der Waals surface area contributed by atoms with E-state index in [1.165, 1.54) is 12.4 Å². The van der Waals surface area contributed by atoms with Crippen LogP contribution in [0.25, 0.3) is 11.3 Å². The summed E-state index contributed by atoms with van der Waals surface area (Å²) in [6, 6.07) is 3.66. The van der Waals surface area contributed by atoms with Gasteiger partial charge in [-0.05, 0) is 24.1 Å². The van der Waals surface area contributed by atoms with Crippen molar-refractivity contribution in [3.05, 3.63) is 46.9 Å². The third-order valence-corrected chi connectivity index (χ3v) is 2.91. The minimum Gasteiger partial charge on any atom is -0.236 e. The molecule has 1 heterocycles. The number of halogens is 3. The summed E-state index contributed by atoms with van der Waals surface area (Å²) in [6.07, 6.45) is 1.31. The second kappa shape index (κ2) is 4.98. The zero-order valence-corrected chi connectivity index (χ0v) is 10.7. The molecule has 2 rings (SSSR count). The molecule has 0 atom stereocenters. The molecule has 18 heavy (non-hydrogen) atoms. The Morgan fingerprint density at radius 2 is 1.83 bits per heavy atom. The molecular formula is C13H11ClF2N2. The summed E-state index contributed by atoms with van der Waals surface area (Å²) >= 11 is 6.03. The van der Waals surface area contributed by atoms with E-state index in [1.807, 2.05) is 13.8 Å². The van der Waals surface area contributed by atoms with E-state index in [0.717, 1.165) is 17.7 Å². The van der Waals surface area contributed by atoms with Crippen molar-refractivity contribution in [2.24, 2.45) is 0 Å². The summed E-state index contributed by atoms with van der Waals surface area (Å²) in [5, 5.41) is 0.333. The van der Waals surface area contributed by atoms with E-state index in [0.29, 0.717) is 16.4 Å². The molecule has 94 valence electrons. The second-order valence-electron chi connectivity index (χ2n) is 4.21. The van der Waals surface area contributed by atoms with E-state index in [4.69, 9.17) is 11.6 Å². The van der Waals surface area contributed by atoms with Gasteiger partial charge < -0.3 is 0 Å². The van der Waals surface area contributed by atoms with Gasteiger partial charge >= 0.3 is 0 Å². The van der Waals surface area contributed by atoms with Crippen LogP contribution in [0.3, 0.4) is 0 Å². The fourth-order valence-electron chi connectivity index (χ4n) is 1.76. The fraction of sp³-hybridized carbons (Fsp3) is 0.231. The maximum Gasteiger partial charge on any atom is 0.159 e. The van der Waals surface area contributed by atoms with E-state index in [2.05, 4.69) is 9.97 Å². The lowest BCUT2D eigenvalue weighted by molar-refractivity contribution is 0.509. The summed E-state index contributed by atoms with van der Waals surface area (Å²) in [6.45, 7) is 3.88. The first-order chi connectivity index (χ1) is 8.50. The van der Waals surface area contributed by atoms with Gasteiger partial charge in [0.05, 0.1) is 5.69 Å². The maximum atomic E-state index is 13.2. The number of hydrogen-bond donors (Lipinski definition) is 0. The Balaban J connectivity index is 2.63. The highest BCUT2D eigenvalue weighted by atomic mass is 35.5. The number of benzene rings is 1. The molecule has 5 heteroatoms. The van der Waals surface area contributed by atoms with E-state index in [-0.39, 0.29) is 5.92 Å². The number of nitrogens with zero attached hydrogens (tertiary/aromatic N) is 2. The van der Waals surface area contributed by atoms with Crippen LogP contribution in [0.5, 0.6) is 0 Å².